The summed E-state index contributed by atoms with van der Waals surface area (Å²) in [6.45, 7) is 0. The Morgan fingerprint density at radius 2 is 1.90 bits per heavy atom. The van der Waals surface area contributed by atoms with Crippen LogP contribution >= 0.6 is 23.4 Å². The molecule has 2 amide bonds. The molecule has 0 radical (unpaired) electrons. The Bertz CT molecular complexity index is 792. The van der Waals surface area contributed by atoms with Crippen LogP contribution < -0.4 is 5.32 Å². The first-order valence-corrected chi connectivity index (χ1v) is 7.08. The van der Waals surface area contributed by atoms with Crippen molar-refractivity contribution in [3.8, 4) is 0 Å². The van der Waals surface area contributed by atoms with Gasteiger partial charge in [0.1, 0.15) is 0 Å². The van der Waals surface area contributed by atoms with E-state index in [-0.39, 0.29) is 11.5 Å². The lowest BCUT2D eigenvalue weighted by molar-refractivity contribution is 0.0996. The number of carbonyl (C=O) groups is 2. The van der Waals surface area contributed by atoms with Crippen LogP contribution in [0.15, 0.2) is 51.4 Å². The summed E-state index contributed by atoms with van der Waals surface area (Å²) in [6.07, 6.45) is 0. The molecule has 0 saturated carbocycles. The van der Waals surface area contributed by atoms with E-state index >= 15 is 0 Å². The molecule has 5 nitrogen and oxygen atoms in total. The third kappa shape index (κ3) is 2.55. The van der Waals surface area contributed by atoms with Gasteiger partial charge >= 0.3 is 5.91 Å². The van der Waals surface area contributed by atoms with E-state index in [9.17, 15) is 14.5 Å². The molecule has 2 aromatic carbocycles. The zero-order valence-electron chi connectivity index (χ0n) is 10.4. The van der Waals surface area contributed by atoms with E-state index in [4.69, 9.17) is 11.6 Å². The third-order valence-corrected chi connectivity index (χ3v) is 4.35. The van der Waals surface area contributed by atoms with Crippen molar-refractivity contribution in [2.24, 2.45) is 5.18 Å². The van der Waals surface area contributed by atoms with E-state index in [1.807, 2.05) is 0 Å². The van der Waals surface area contributed by atoms with E-state index in [1.165, 1.54) is 23.9 Å². The number of hydrogen-bond acceptors (Lipinski definition) is 4. The number of nitrogens with zero attached hydrogens (tertiary/aromatic N) is 1. The zero-order valence-corrected chi connectivity index (χ0v) is 12.0. The molecule has 104 valence electrons. The smallest absolute Gasteiger partial charge is 0.316 e. The molecular weight excluding hydrogens is 312 g/mol. The van der Waals surface area contributed by atoms with Crippen LogP contribution in [0, 0.1) is 4.91 Å². The van der Waals surface area contributed by atoms with Crippen molar-refractivity contribution in [1.82, 2.24) is 0 Å². The molecule has 0 unspecified atom stereocenters. The summed E-state index contributed by atoms with van der Waals surface area (Å²) in [7, 11) is 0. The Balaban J connectivity index is 2.09. The molecule has 0 saturated heterocycles. The minimum Gasteiger partial charge on any atom is -0.321 e. The molecule has 0 bridgehead atoms. The molecule has 3 rings (SSSR count). The van der Waals surface area contributed by atoms with E-state index in [2.05, 4.69) is 10.5 Å². The summed E-state index contributed by atoms with van der Waals surface area (Å²) >= 11 is 7.29. The number of fused-ring (bicyclic) bond motifs is 2. The van der Waals surface area contributed by atoms with Crippen LogP contribution in [0.4, 0.5) is 5.69 Å². The lowest BCUT2D eigenvalue weighted by Gasteiger charge is -2.06. The monoisotopic (exact) mass is 318 g/mol. The third-order valence-electron chi connectivity index (χ3n) is 2.96. The molecule has 0 fully saturated rings. The first kappa shape index (κ1) is 13.8. The predicted octanol–water partition coefficient (Wildman–Crippen LogP) is 3.96. The van der Waals surface area contributed by atoms with E-state index in [1.54, 1.807) is 24.3 Å². The van der Waals surface area contributed by atoms with E-state index < -0.39 is 5.91 Å². The Kier molecular flexibility index (Phi) is 3.48. The minimum atomic E-state index is -0.873. The molecule has 21 heavy (non-hydrogen) atoms. The zero-order chi connectivity index (χ0) is 15.0. The number of anilines is 1. The standard InChI is InChI=1S/C14H7ClN2O3S/c15-8-2-4-11-9(6-8)14(19)16-10-5-7(13(18)17-20)1-3-12(10)21-11/h1-6H,(H,16,19). The van der Waals surface area contributed by atoms with Gasteiger partial charge in [0.05, 0.1) is 11.3 Å². The number of carbonyl (C=O) groups excluding carboxylic acids is 2. The van der Waals surface area contributed by atoms with Crippen molar-refractivity contribution in [2.45, 2.75) is 9.79 Å². The van der Waals surface area contributed by atoms with Crippen LogP contribution in [0.25, 0.3) is 0 Å². The minimum absolute atomic E-state index is 0.133. The highest BCUT2D eigenvalue weighted by atomic mass is 35.5. The number of benzene rings is 2. The van der Waals surface area contributed by atoms with Gasteiger partial charge in [0.15, 0.2) is 0 Å². The number of halogens is 1. The van der Waals surface area contributed by atoms with Crippen LogP contribution in [0.2, 0.25) is 5.02 Å². The van der Waals surface area contributed by atoms with E-state index in [0.29, 0.717) is 16.3 Å². The average molecular weight is 319 g/mol. The van der Waals surface area contributed by atoms with Gasteiger partial charge < -0.3 is 5.32 Å². The predicted molar refractivity (Wildman–Crippen MR) is 80.1 cm³/mol. The fourth-order valence-corrected chi connectivity index (χ4v) is 3.14. The fraction of sp³-hybridized carbons (Fsp3) is 0. The highest BCUT2D eigenvalue weighted by molar-refractivity contribution is 7.99. The van der Waals surface area contributed by atoms with Crippen LogP contribution in [-0.2, 0) is 0 Å². The first-order chi connectivity index (χ1) is 10.1. The number of rotatable bonds is 1. The molecule has 2 aromatic rings. The highest BCUT2D eigenvalue weighted by Gasteiger charge is 2.21. The molecule has 1 aliphatic heterocycles. The summed E-state index contributed by atoms with van der Waals surface area (Å²) in [5, 5.41) is 5.56. The Labute approximate surface area is 128 Å². The van der Waals surface area contributed by atoms with Crippen molar-refractivity contribution in [2.75, 3.05) is 5.32 Å². The molecule has 0 spiro atoms. The number of amides is 2. The summed E-state index contributed by atoms with van der Waals surface area (Å²) in [5.41, 5.74) is 1.06. The van der Waals surface area contributed by atoms with Gasteiger partial charge in [-0.3, -0.25) is 9.59 Å². The summed E-state index contributed by atoms with van der Waals surface area (Å²) in [6, 6.07) is 9.68. The second kappa shape index (κ2) is 5.31. The molecule has 1 N–H and O–H groups in total. The number of nitrogens with one attached hydrogen (secondary N) is 1. The van der Waals surface area contributed by atoms with Gasteiger partial charge in [0, 0.05) is 25.6 Å². The Morgan fingerprint density at radius 1 is 1.14 bits per heavy atom. The molecular formula is C14H7ClN2O3S. The largest absolute Gasteiger partial charge is 0.321 e. The van der Waals surface area contributed by atoms with Gasteiger partial charge in [-0.15, -0.1) is 4.91 Å². The van der Waals surface area contributed by atoms with E-state index in [0.717, 1.165) is 9.79 Å². The lowest BCUT2D eigenvalue weighted by Crippen LogP contribution is -2.12. The summed E-state index contributed by atoms with van der Waals surface area (Å²) in [5.74, 6) is -1.19. The first-order valence-electron chi connectivity index (χ1n) is 5.89. The normalized spacial score (nSPS) is 12.7. The van der Waals surface area contributed by atoms with Crippen molar-refractivity contribution in [1.29, 1.82) is 0 Å². The molecule has 1 aliphatic rings. The number of hydrogen-bond donors (Lipinski definition) is 1. The van der Waals surface area contributed by atoms with Gasteiger partial charge in [-0.25, -0.2) is 0 Å². The highest BCUT2D eigenvalue weighted by Crippen LogP contribution is 2.39. The van der Waals surface area contributed by atoms with Crippen molar-refractivity contribution in [3.05, 3.63) is 57.5 Å². The van der Waals surface area contributed by atoms with Gasteiger partial charge in [-0.1, -0.05) is 23.4 Å². The van der Waals surface area contributed by atoms with Crippen LogP contribution in [-0.4, -0.2) is 11.8 Å². The SMILES string of the molecule is O=NC(=O)c1ccc2c(c1)NC(=O)c1cc(Cl)ccc1S2. The lowest BCUT2D eigenvalue weighted by atomic mass is 10.1. The molecule has 7 heteroatoms. The quantitative estimate of drug-likeness (QED) is 0.807. The van der Waals surface area contributed by atoms with Crippen LogP contribution in [0.1, 0.15) is 20.7 Å². The van der Waals surface area contributed by atoms with Crippen molar-refractivity contribution >= 4 is 40.9 Å². The Morgan fingerprint density at radius 3 is 2.67 bits per heavy atom. The van der Waals surface area contributed by atoms with Gasteiger partial charge in [0.25, 0.3) is 5.91 Å². The van der Waals surface area contributed by atoms with Gasteiger partial charge in [-0.2, -0.15) is 0 Å². The maximum Gasteiger partial charge on any atom is 0.316 e. The van der Waals surface area contributed by atoms with Crippen LogP contribution in [0.5, 0.6) is 0 Å². The maximum atomic E-state index is 12.2. The molecule has 0 aromatic heterocycles. The van der Waals surface area contributed by atoms with Crippen molar-refractivity contribution < 1.29 is 9.59 Å². The van der Waals surface area contributed by atoms with Gasteiger partial charge in [-0.05, 0) is 36.4 Å². The van der Waals surface area contributed by atoms with Crippen LogP contribution in [0.3, 0.4) is 0 Å². The Hall–Kier alpha value is -2.18. The molecule has 1 heterocycles. The second-order valence-corrected chi connectivity index (χ2v) is 5.82. The average Bonchev–Trinajstić information content (AvgIpc) is 2.62. The number of nitroso groups, excluding NO2 is 1. The molecule has 0 atom stereocenters. The summed E-state index contributed by atoms with van der Waals surface area (Å²) < 4.78 is 0. The molecule has 0 aliphatic carbocycles. The fourth-order valence-electron chi connectivity index (χ4n) is 1.98. The summed E-state index contributed by atoms with van der Waals surface area (Å²) in [4.78, 5) is 35.4. The maximum absolute atomic E-state index is 12.2. The van der Waals surface area contributed by atoms with Gasteiger partial charge in [0.2, 0.25) is 0 Å². The van der Waals surface area contributed by atoms with Crippen molar-refractivity contribution in [3.63, 3.8) is 0 Å². The second-order valence-electron chi connectivity index (χ2n) is 4.30. The topological polar surface area (TPSA) is 75.6 Å².